The first kappa shape index (κ1) is 25.4. The molecule has 1 atom stereocenters. The maximum absolute atomic E-state index is 12.6. The fraction of sp³-hybridized carbons (Fsp3) is 0.857. The number of nitrogens with zero attached hydrogens (tertiary/aromatic N) is 1. The Hall–Kier alpha value is -1.59. The zero-order valence-corrected chi connectivity index (χ0v) is 17.4. The molecular formula is C21H40N2O4. The van der Waals surface area contributed by atoms with Crippen LogP contribution >= 0.6 is 0 Å². The van der Waals surface area contributed by atoms with Crippen molar-refractivity contribution >= 4 is 17.8 Å². The molecule has 6 nitrogen and oxygen atoms in total. The van der Waals surface area contributed by atoms with Gasteiger partial charge in [0, 0.05) is 19.4 Å². The molecule has 158 valence electrons. The van der Waals surface area contributed by atoms with Crippen LogP contribution in [0.25, 0.3) is 0 Å². The van der Waals surface area contributed by atoms with E-state index in [9.17, 15) is 19.5 Å². The minimum Gasteiger partial charge on any atom is -0.480 e. The molecule has 0 spiro atoms. The molecule has 27 heavy (non-hydrogen) atoms. The van der Waals surface area contributed by atoms with E-state index in [1.807, 2.05) is 6.92 Å². The summed E-state index contributed by atoms with van der Waals surface area (Å²) in [6, 6.07) is -0.963. The van der Waals surface area contributed by atoms with E-state index < -0.39 is 17.9 Å². The van der Waals surface area contributed by atoms with Gasteiger partial charge in [0.2, 0.25) is 11.8 Å². The summed E-state index contributed by atoms with van der Waals surface area (Å²) in [7, 11) is 0. The average Bonchev–Trinajstić information content (AvgIpc) is 2.62. The second-order valence-electron chi connectivity index (χ2n) is 7.38. The minimum absolute atomic E-state index is 0.0229. The van der Waals surface area contributed by atoms with Crippen LogP contribution in [0, 0.1) is 0 Å². The molecule has 0 bridgehead atoms. The van der Waals surface area contributed by atoms with E-state index in [2.05, 4.69) is 6.92 Å². The normalized spacial score (nSPS) is 11.9. The molecule has 0 aromatic heterocycles. The van der Waals surface area contributed by atoms with Crippen LogP contribution in [0.2, 0.25) is 0 Å². The van der Waals surface area contributed by atoms with Crippen LogP contribution in [-0.2, 0) is 14.4 Å². The number of nitrogens with two attached hydrogens (primary N) is 1. The number of carboxylic acids is 1. The Kier molecular flexibility index (Phi) is 15.6. The number of carbonyl (C=O) groups is 3. The number of unbranched alkanes of at least 4 members (excludes halogenated alkanes) is 9. The summed E-state index contributed by atoms with van der Waals surface area (Å²) in [5.74, 6) is -1.72. The summed E-state index contributed by atoms with van der Waals surface area (Å²) in [6.07, 6.45) is 12.6. The number of aliphatic carboxylic acids is 1. The molecule has 0 aromatic carbocycles. The maximum Gasteiger partial charge on any atom is 0.326 e. The predicted octanol–water partition coefficient (Wildman–Crippen LogP) is 4.25. The van der Waals surface area contributed by atoms with Gasteiger partial charge in [0.05, 0.1) is 0 Å². The topological polar surface area (TPSA) is 101 Å². The molecular weight excluding hydrogens is 344 g/mol. The molecule has 0 unspecified atom stereocenters. The van der Waals surface area contributed by atoms with E-state index in [1.54, 1.807) is 0 Å². The number of hydrogen-bond acceptors (Lipinski definition) is 3. The van der Waals surface area contributed by atoms with Crippen LogP contribution in [0.5, 0.6) is 0 Å². The summed E-state index contributed by atoms with van der Waals surface area (Å²) in [5.41, 5.74) is 5.15. The number of hydrogen-bond donors (Lipinski definition) is 2. The predicted molar refractivity (Wildman–Crippen MR) is 108 cm³/mol. The van der Waals surface area contributed by atoms with Crippen LogP contribution in [0.1, 0.15) is 104 Å². The zero-order chi connectivity index (χ0) is 20.5. The lowest BCUT2D eigenvalue weighted by atomic mass is 10.0. The molecule has 0 saturated heterocycles. The highest BCUT2D eigenvalue weighted by Gasteiger charge is 2.29. The number of carboxylic acid groups (broad SMARTS) is 1. The van der Waals surface area contributed by atoms with Crippen LogP contribution in [0.15, 0.2) is 0 Å². The van der Waals surface area contributed by atoms with Crippen LogP contribution in [0.3, 0.4) is 0 Å². The number of rotatable bonds is 18. The van der Waals surface area contributed by atoms with Crippen molar-refractivity contribution in [3.05, 3.63) is 0 Å². The highest BCUT2D eigenvalue weighted by atomic mass is 16.4. The van der Waals surface area contributed by atoms with Crippen molar-refractivity contribution in [1.82, 2.24) is 4.90 Å². The van der Waals surface area contributed by atoms with E-state index >= 15 is 0 Å². The van der Waals surface area contributed by atoms with Crippen molar-refractivity contribution in [3.63, 3.8) is 0 Å². The van der Waals surface area contributed by atoms with Crippen LogP contribution < -0.4 is 5.73 Å². The van der Waals surface area contributed by atoms with Crippen molar-refractivity contribution in [2.45, 2.75) is 110 Å². The standard InChI is InChI=1S/C21H40N2O4/c1-3-5-7-8-9-10-11-12-13-14-20(25)23(17-6-4-2)18(21(26)27)15-16-19(22)24/h18H,3-17H2,1-2H3,(H2,22,24)(H,26,27)/t18-/m0/s1. The molecule has 2 amide bonds. The Morgan fingerprint density at radius 3 is 1.81 bits per heavy atom. The Labute approximate surface area is 164 Å². The van der Waals surface area contributed by atoms with E-state index in [0.29, 0.717) is 13.0 Å². The molecule has 0 aromatic rings. The van der Waals surface area contributed by atoms with Crippen molar-refractivity contribution in [2.24, 2.45) is 5.73 Å². The van der Waals surface area contributed by atoms with Gasteiger partial charge >= 0.3 is 5.97 Å². The summed E-state index contributed by atoms with van der Waals surface area (Å²) < 4.78 is 0. The Morgan fingerprint density at radius 1 is 0.815 bits per heavy atom. The Bertz CT molecular complexity index is 426. The quantitative estimate of drug-likeness (QED) is 0.345. The first-order valence-electron chi connectivity index (χ1n) is 10.7. The van der Waals surface area contributed by atoms with E-state index in [-0.39, 0.29) is 18.7 Å². The van der Waals surface area contributed by atoms with Gasteiger partial charge in [-0.3, -0.25) is 9.59 Å². The molecule has 0 aliphatic carbocycles. The smallest absolute Gasteiger partial charge is 0.326 e. The fourth-order valence-electron chi connectivity index (χ4n) is 3.20. The van der Waals surface area contributed by atoms with Crippen molar-refractivity contribution in [1.29, 1.82) is 0 Å². The number of carbonyl (C=O) groups excluding carboxylic acids is 2. The molecule has 0 aliphatic heterocycles. The first-order chi connectivity index (χ1) is 12.9. The van der Waals surface area contributed by atoms with Gasteiger partial charge in [-0.05, 0) is 19.3 Å². The van der Waals surface area contributed by atoms with Gasteiger partial charge in [-0.15, -0.1) is 0 Å². The van der Waals surface area contributed by atoms with Crippen molar-refractivity contribution < 1.29 is 19.5 Å². The Balaban J connectivity index is 4.34. The molecule has 0 aliphatic rings. The van der Waals surface area contributed by atoms with E-state index in [1.165, 1.54) is 43.4 Å². The third-order valence-electron chi connectivity index (χ3n) is 4.89. The largest absolute Gasteiger partial charge is 0.480 e. The lowest BCUT2D eigenvalue weighted by Gasteiger charge is -2.29. The summed E-state index contributed by atoms with van der Waals surface area (Å²) in [6.45, 7) is 4.63. The van der Waals surface area contributed by atoms with Gasteiger partial charge < -0.3 is 15.7 Å². The SMILES string of the molecule is CCCCCCCCCCCC(=O)N(CCCC)[C@@H](CCC(N)=O)C(=O)O. The van der Waals surface area contributed by atoms with Gasteiger partial charge in [-0.2, -0.15) is 0 Å². The van der Waals surface area contributed by atoms with Crippen LogP contribution in [-0.4, -0.2) is 40.4 Å². The van der Waals surface area contributed by atoms with Gasteiger partial charge in [0.25, 0.3) is 0 Å². The van der Waals surface area contributed by atoms with Gasteiger partial charge in [0.1, 0.15) is 6.04 Å². The van der Waals surface area contributed by atoms with E-state index in [4.69, 9.17) is 5.73 Å². The maximum atomic E-state index is 12.6. The van der Waals surface area contributed by atoms with Gasteiger partial charge in [-0.25, -0.2) is 4.79 Å². The van der Waals surface area contributed by atoms with Gasteiger partial charge in [-0.1, -0.05) is 71.6 Å². The van der Waals surface area contributed by atoms with Crippen LogP contribution in [0.4, 0.5) is 0 Å². The second kappa shape index (κ2) is 16.6. The third kappa shape index (κ3) is 13.3. The molecule has 0 radical (unpaired) electrons. The highest BCUT2D eigenvalue weighted by Crippen LogP contribution is 2.15. The lowest BCUT2D eigenvalue weighted by molar-refractivity contribution is -0.151. The zero-order valence-electron chi connectivity index (χ0n) is 17.4. The molecule has 3 N–H and O–H groups in total. The Morgan fingerprint density at radius 2 is 1.33 bits per heavy atom. The van der Waals surface area contributed by atoms with Crippen molar-refractivity contribution in [2.75, 3.05) is 6.54 Å². The second-order valence-corrected chi connectivity index (χ2v) is 7.38. The molecule has 0 fully saturated rings. The fourth-order valence-corrected chi connectivity index (χ4v) is 3.20. The molecule has 0 rings (SSSR count). The monoisotopic (exact) mass is 384 g/mol. The highest BCUT2D eigenvalue weighted by molar-refractivity contribution is 5.84. The number of primary amides is 1. The average molecular weight is 385 g/mol. The number of amides is 2. The summed E-state index contributed by atoms with van der Waals surface area (Å²) in [5, 5.41) is 9.49. The van der Waals surface area contributed by atoms with Crippen molar-refractivity contribution in [3.8, 4) is 0 Å². The molecule has 6 heteroatoms. The van der Waals surface area contributed by atoms with E-state index in [0.717, 1.165) is 32.1 Å². The molecule has 0 saturated carbocycles. The third-order valence-corrected chi connectivity index (χ3v) is 4.89. The summed E-state index contributed by atoms with van der Waals surface area (Å²) in [4.78, 5) is 36.6. The lowest BCUT2D eigenvalue weighted by Crippen LogP contribution is -2.46. The first-order valence-corrected chi connectivity index (χ1v) is 10.7. The molecule has 0 heterocycles. The van der Waals surface area contributed by atoms with Gasteiger partial charge in [0.15, 0.2) is 0 Å². The minimum atomic E-state index is -1.06. The summed E-state index contributed by atoms with van der Waals surface area (Å²) >= 11 is 0.